The van der Waals surface area contributed by atoms with Crippen LogP contribution < -0.4 is 10.5 Å². The molecule has 1 saturated heterocycles. The average molecular weight is 359 g/mol. The van der Waals surface area contributed by atoms with Gasteiger partial charge in [-0.1, -0.05) is 24.3 Å². The summed E-state index contributed by atoms with van der Waals surface area (Å²) < 4.78 is 27.4. The summed E-state index contributed by atoms with van der Waals surface area (Å²) in [5, 5.41) is 0. The zero-order valence-corrected chi connectivity index (χ0v) is 14.6. The highest BCUT2D eigenvalue weighted by atomic mass is 32.2. The summed E-state index contributed by atoms with van der Waals surface area (Å²) in [6.45, 7) is 1.12. The number of hydrogen-bond donors (Lipinski definition) is 2. The zero-order chi connectivity index (χ0) is 17.9. The maximum atomic E-state index is 12.7. The van der Waals surface area contributed by atoms with Gasteiger partial charge in [-0.2, -0.15) is 0 Å². The molecule has 3 N–H and O–H groups in total. The molecule has 0 spiro atoms. The predicted molar refractivity (Wildman–Crippen MR) is 96.8 cm³/mol. The van der Waals surface area contributed by atoms with Gasteiger partial charge in [-0.15, -0.1) is 0 Å². The van der Waals surface area contributed by atoms with E-state index < -0.39 is 10.0 Å². The molecule has 7 heteroatoms. The van der Waals surface area contributed by atoms with Gasteiger partial charge in [0.2, 0.25) is 0 Å². The summed E-state index contributed by atoms with van der Waals surface area (Å²) in [7, 11) is -3.69. The molecule has 132 valence electrons. The molecular weight excluding hydrogens is 338 g/mol. The van der Waals surface area contributed by atoms with E-state index in [0.717, 1.165) is 12.8 Å². The number of benzene rings is 2. The molecule has 1 atom stereocenters. The normalized spacial score (nSPS) is 17.5. The lowest BCUT2D eigenvalue weighted by atomic mass is 10.1. The minimum absolute atomic E-state index is 0.0529. The molecular formula is C18H21N3O3S. The topological polar surface area (TPSA) is 92.5 Å². The van der Waals surface area contributed by atoms with Gasteiger partial charge in [-0.05, 0) is 43.2 Å². The quantitative estimate of drug-likeness (QED) is 0.854. The Morgan fingerprint density at radius 2 is 1.92 bits per heavy atom. The van der Waals surface area contributed by atoms with E-state index >= 15 is 0 Å². The van der Waals surface area contributed by atoms with Crippen molar-refractivity contribution in [1.82, 2.24) is 4.90 Å². The second-order valence-corrected chi connectivity index (χ2v) is 7.71. The fraction of sp³-hybridized carbons (Fsp3) is 0.278. The Bertz CT molecular complexity index is 853. The molecule has 0 radical (unpaired) electrons. The molecule has 0 bridgehead atoms. The van der Waals surface area contributed by atoms with E-state index in [4.69, 9.17) is 5.73 Å². The molecule has 0 aliphatic carbocycles. The van der Waals surface area contributed by atoms with Crippen LogP contribution in [-0.2, 0) is 10.0 Å². The highest BCUT2D eigenvalue weighted by Gasteiger charge is 2.28. The van der Waals surface area contributed by atoms with Crippen molar-refractivity contribution in [3.63, 3.8) is 0 Å². The largest absolute Gasteiger partial charge is 0.334 e. The minimum atomic E-state index is -3.69. The summed E-state index contributed by atoms with van der Waals surface area (Å²) in [5.41, 5.74) is 6.54. The summed E-state index contributed by atoms with van der Waals surface area (Å²) in [4.78, 5) is 14.6. The molecule has 0 saturated carbocycles. The van der Waals surface area contributed by atoms with Gasteiger partial charge in [0.15, 0.2) is 0 Å². The number of carbonyl (C=O) groups is 1. The van der Waals surface area contributed by atoms with Crippen molar-refractivity contribution in [1.29, 1.82) is 0 Å². The van der Waals surface area contributed by atoms with E-state index in [-0.39, 0.29) is 16.8 Å². The molecule has 1 fully saturated rings. The van der Waals surface area contributed by atoms with Crippen LogP contribution in [0.25, 0.3) is 0 Å². The lowest BCUT2D eigenvalue weighted by Gasteiger charge is -2.23. The Morgan fingerprint density at radius 1 is 1.16 bits per heavy atom. The van der Waals surface area contributed by atoms with Gasteiger partial charge in [0.1, 0.15) is 0 Å². The third-order valence-electron chi connectivity index (χ3n) is 4.33. The number of anilines is 1. The number of nitrogens with zero attached hydrogens (tertiary/aromatic N) is 1. The second kappa shape index (κ2) is 7.25. The number of carbonyl (C=O) groups excluding carboxylic acids is 1. The monoisotopic (exact) mass is 359 g/mol. The standard InChI is InChI=1S/C18H21N3O3S/c19-13-16-8-5-11-21(16)18(22)14-6-4-7-15(12-14)20-25(23,24)17-9-2-1-3-10-17/h1-4,6-7,9-10,12,16,20H,5,8,11,13,19H2. The van der Waals surface area contributed by atoms with Crippen LogP contribution >= 0.6 is 0 Å². The van der Waals surface area contributed by atoms with Crippen LogP contribution in [0.2, 0.25) is 0 Å². The van der Waals surface area contributed by atoms with Crippen molar-refractivity contribution in [3.05, 3.63) is 60.2 Å². The van der Waals surface area contributed by atoms with Crippen molar-refractivity contribution in [2.75, 3.05) is 17.8 Å². The van der Waals surface area contributed by atoms with Crippen LogP contribution in [0.15, 0.2) is 59.5 Å². The first-order chi connectivity index (χ1) is 12.0. The molecule has 6 nitrogen and oxygen atoms in total. The zero-order valence-electron chi connectivity index (χ0n) is 13.8. The van der Waals surface area contributed by atoms with Crippen molar-refractivity contribution in [2.45, 2.75) is 23.8 Å². The maximum absolute atomic E-state index is 12.7. The maximum Gasteiger partial charge on any atom is 0.261 e. The summed E-state index contributed by atoms with van der Waals surface area (Å²) in [6, 6.07) is 14.7. The molecule has 1 heterocycles. The van der Waals surface area contributed by atoms with Crippen LogP contribution in [-0.4, -0.2) is 38.4 Å². The third-order valence-corrected chi connectivity index (χ3v) is 5.72. The van der Waals surface area contributed by atoms with Gasteiger partial charge in [-0.3, -0.25) is 9.52 Å². The Kier molecular flexibility index (Phi) is 5.06. The van der Waals surface area contributed by atoms with E-state index in [9.17, 15) is 13.2 Å². The molecule has 25 heavy (non-hydrogen) atoms. The van der Waals surface area contributed by atoms with Gasteiger partial charge < -0.3 is 10.6 Å². The molecule has 2 aromatic carbocycles. The van der Waals surface area contributed by atoms with Crippen molar-refractivity contribution < 1.29 is 13.2 Å². The number of nitrogens with one attached hydrogen (secondary N) is 1. The third kappa shape index (κ3) is 3.83. The van der Waals surface area contributed by atoms with Crippen molar-refractivity contribution >= 4 is 21.6 Å². The smallest absolute Gasteiger partial charge is 0.261 e. The Balaban J connectivity index is 1.81. The van der Waals surface area contributed by atoms with Gasteiger partial charge in [0, 0.05) is 30.4 Å². The molecule has 1 unspecified atom stereocenters. The fourth-order valence-electron chi connectivity index (χ4n) is 3.04. The lowest BCUT2D eigenvalue weighted by Crippen LogP contribution is -2.39. The summed E-state index contributed by atoms with van der Waals surface area (Å²) in [6.07, 6.45) is 1.84. The molecule has 1 amide bonds. The summed E-state index contributed by atoms with van der Waals surface area (Å²) in [5.74, 6) is -0.117. The highest BCUT2D eigenvalue weighted by Crippen LogP contribution is 2.22. The van der Waals surface area contributed by atoms with E-state index in [2.05, 4.69) is 4.72 Å². The van der Waals surface area contributed by atoms with E-state index in [1.54, 1.807) is 47.4 Å². The van der Waals surface area contributed by atoms with Crippen LogP contribution in [0.4, 0.5) is 5.69 Å². The number of likely N-dealkylation sites (tertiary alicyclic amines) is 1. The SMILES string of the molecule is NCC1CCCN1C(=O)c1cccc(NS(=O)(=O)c2ccccc2)c1. The Labute approximate surface area is 147 Å². The van der Waals surface area contributed by atoms with Gasteiger partial charge in [0.05, 0.1) is 4.90 Å². The van der Waals surface area contributed by atoms with Crippen LogP contribution in [0.3, 0.4) is 0 Å². The number of nitrogens with two attached hydrogens (primary N) is 1. The van der Waals surface area contributed by atoms with Crippen LogP contribution in [0, 0.1) is 0 Å². The summed E-state index contributed by atoms with van der Waals surface area (Å²) >= 11 is 0. The average Bonchev–Trinajstić information content (AvgIpc) is 3.10. The predicted octanol–water partition coefficient (Wildman–Crippen LogP) is 2.05. The number of rotatable bonds is 5. The van der Waals surface area contributed by atoms with Crippen molar-refractivity contribution in [3.8, 4) is 0 Å². The number of hydrogen-bond acceptors (Lipinski definition) is 4. The number of amides is 1. The van der Waals surface area contributed by atoms with E-state index in [1.807, 2.05) is 0 Å². The molecule has 1 aliphatic heterocycles. The van der Waals surface area contributed by atoms with Gasteiger partial charge in [-0.25, -0.2) is 8.42 Å². The molecule has 1 aliphatic rings. The van der Waals surface area contributed by atoms with E-state index in [0.29, 0.717) is 24.3 Å². The van der Waals surface area contributed by atoms with E-state index in [1.165, 1.54) is 12.1 Å². The molecule has 0 aromatic heterocycles. The second-order valence-electron chi connectivity index (χ2n) is 6.03. The Morgan fingerprint density at radius 3 is 2.64 bits per heavy atom. The Hall–Kier alpha value is -2.38. The van der Waals surface area contributed by atoms with Gasteiger partial charge >= 0.3 is 0 Å². The lowest BCUT2D eigenvalue weighted by molar-refractivity contribution is 0.0741. The van der Waals surface area contributed by atoms with Crippen molar-refractivity contribution in [2.24, 2.45) is 5.73 Å². The first kappa shape index (κ1) is 17.4. The van der Waals surface area contributed by atoms with Crippen LogP contribution in [0.5, 0.6) is 0 Å². The first-order valence-corrected chi connectivity index (χ1v) is 9.68. The molecule has 3 rings (SSSR count). The van der Waals surface area contributed by atoms with Crippen LogP contribution in [0.1, 0.15) is 23.2 Å². The highest BCUT2D eigenvalue weighted by molar-refractivity contribution is 7.92. The van der Waals surface area contributed by atoms with Gasteiger partial charge in [0.25, 0.3) is 15.9 Å². The first-order valence-electron chi connectivity index (χ1n) is 8.20. The fourth-order valence-corrected chi connectivity index (χ4v) is 4.11. The minimum Gasteiger partial charge on any atom is -0.334 e. The number of sulfonamides is 1. The molecule has 2 aromatic rings.